The summed E-state index contributed by atoms with van der Waals surface area (Å²) in [7, 11) is 1.62. The van der Waals surface area contributed by atoms with E-state index in [9.17, 15) is 9.90 Å². The average molecular weight is 312 g/mol. The van der Waals surface area contributed by atoms with E-state index >= 15 is 0 Å². The van der Waals surface area contributed by atoms with E-state index in [1.807, 2.05) is 51.1 Å². The van der Waals surface area contributed by atoms with Crippen molar-refractivity contribution in [1.82, 2.24) is 0 Å². The molecule has 0 saturated heterocycles. The van der Waals surface area contributed by atoms with E-state index in [4.69, 9.17) is 4.74 Å². The SMILES string of the molecule is C=C(C)C(=CC(=C(C)C)c1cccc(OC)c1)C(=CC)C(=O)O. The van der Waals surface area contributed by atoms with Crippen molar-refractivity contribution in [1.29, 1.82) is 0 Å². The fourth-order valence-corrected chi connectivity index (χ4v) is 2.28. The first-order valence-electron chi connectivity index (χ1n) is 7.41. The lowest BCUT2D eigenvalue weighted by atomic mass is 9.92. The van der Waals surface area contributed by atoms with Gasteiger partial charge in [-0.05, 0) is 62.6 Å². The lowest BCUT2D eigenvalue weighted by Crippen LogP contribution is -2.05. The Bertz CT molecular complexity index is 699. The lowest BCUT2D eigenvalue weighted by Gasteiger charge is -2.13. The van der Waals surface area contributed by atoms with Crippen LogP contribution in [-0.2, 0) is 4.79 Å². The van der Waals surface area contributed by atoms with Crippen molar-refractivity contribution in [2.45, 2.75) is 27.7 Å². The molecule has 0 amide bonds. The molecule has 122 valence electrons. The highest BCUT2D eigenvalue weighted by Crippen LogP contribution is 2.29. The molecule has 0 spiro atoms. The number of carbonyl (C=O) groups is 1. The maximum Gasteiger partial charge on any atom is 0.335 e. The molecule has 0 saturated carbocycles. The summed E-state index contributed by atoms with van der Waals surface area (Å²) in [4.78, 5) is 11.5. The molecule has 1 N–H and O–H groups in total. The maximum absolute atomic E-state index is 11.5. The molecule has 0 radical (unpaired) electrons. The topological polar surface area (TPSA) is 46.5 Å². The van der Waals surface area contributed by atoms with Gasteiger partial charge in [0.05, 0.1) is 12.7 Å². The third-order valence-corrected chi connectivity index (χ3v) is 3.48. The van der Waals surface area contributed by atoms with Crippen molar-refractivity contribution >= 4 is 11.5 Å². The van der Waals surface area contributed by atoms with Crippen molar-refractivity contribution in [3.05, 3.63) is 70.9 Å². The first-order chi connectivity index (χ1) is 10.8. The molecule has 0 bridgehead atoms. The Morgan fingerprint density at radius 3 is 2.30 bits per heavy atom. The molecule has 0 aromatic heterocycles. The minimum Gasteiger partial charge on any atom is -0.497 e. The fraction of sp³-hybridized carbons (Fsp3) is 0.250. The van der Waals surface area contributed by atoms with Gasteiger partial charge < -0.3 is 9.84 Å². The van der Waals surface area contributed by atoms with Crippen LogP contribution in [0.5, 0.6) is 5.75 Å². The fourth-order valence-electron chi connectivity index (χ4n) is 2.28. The molecule has 1 aromatic rings. The molecular weight excluding hydrogens is 288 g/mol. The number of benzene rings is 1. The van der Waals surface area contributed by atoms with E-state index in [0.29, 0.717) is 11.1 Å². The van der Waals surface area contributed by atoms with Crippen molar-refractivity contribution in [3.8, 4) is 5.75 Å². The van der Waals surface area contributed by atoms with Gasteiger partial charge in [0.25, 0.3) is 0 Å². The van der Waals surface area contributed by atoms with Crippen LogP contribution >= 0.6 is 0 Å². The highest BCUT2D eigenvalue weighted by molar-refractivity contribution is 5.95. The Morgan fingerprint density at radius 2 is 1.87 bits per heavy atom. The minimum absolute atomic E-state index is 0.249. The van der Waals surface area contributed by atoms with E-state index < -0.39 is 5.97 Å². The van der Waals surface area contributed by atoms with Gasteiger partial charge in [0.1, 0.15) is 5.75 Å². The van der Waals surface area contributed by atoms with E-state index in [2.05, 4.69) is 6.58 Å². The third kappa shape index (κ3) is 4.71. The van der Waals surface area contributed by atoms with Gasteiger partial charge in [0.2, 0.25) is 0 Å². The largest absolute Gasteiger partial charge is 0.497 e. The Balaban J connectivity index is 3.53. The third-order valence-electron chi connectivity index (χ3n) is 3.48. The Kier molecular flexibility index (Phi) is 6.58. The van der Waals surface area contributed by atoms with Gasteiger partial charge >= 0.3 is 5.97 Å². The summed E-state index contributed by atoms with van der Waals surface area (Å²) in [5.41, 5.74) is 4.60. The molecule has 3 heteroatoms. The van der Waals surface area contributed by atoms with Crippen LogP contribution in [0.25, 0.3) is 5.57 Å². The van der Waals surface area contributed by atoms with Gasteiger partial charge in [-0.3, -0.25) is 0 Å². The Morgan fingerprint density at radius 1 is 1.22 bits per heavy atom. The van der Waals surface area contributed by atoms with Crippen LogP contribution in [0.4, 0.5) is 0 Å². The Labute approximate surface area is 138 Å². The number of hydrogen-bond donors (Lipinski definition) is 1. The highest BCUT2D eigenvalue weighted by atomic mass is 16.5. The molecule has 1 rings (SSSR count). The van der Waals surface area contributed by atoms with Crippen LogP contribution in [0.15, 0.2) is 65.3 Å². The second-order valence-corrected chi connectivity index (χ2v) is 5.49. The smallest absolute Gasteiger partial charge is 0.335 e. The number of aliphatic carboxylic acids is 1. The van der Waals surface area contributed by atoms with Crippen LogP contribution in [-0.4, -0.2) is 18.2 Å². The molecule has 0 aliphatic rings. The molecule has 0 aliphatic carbocycles. The first kappa shape index (κ1) is 18.5. The molecule has 0 atom stereocenters. The first-order valence-corrected chi connectivity index (χ1v) is 7.41. The molecule has 0 heterocycles. The van der Waals surface area contributed by atoms with Gasteiger partial charge in [-0.25, -0.2) is 4.79 Å². The normalized spacial score (nSPS) is 11.9. The molecule has 3 nitrogen and oxygen atoms in total. The van der Waals surface area contributed by atoms with Crippen molar-refractivity contribution in [2.24, 2.45) is 0 Å². The molecular formula is C20H24O3. The van der Waals surface area contributed by atoms with E-state index in [1.54, 1.807) is 20.1 Å². The molecule has 23 heavy (non-hydrogen) atoms. The summed E-state index contributed by atoms with van der Waals surface area (Å²) in [6, 6.07) is 7.71. The minimum atomic E-state index is -0.958. The summed E-state index contributed by atoms with van der Waals surface area (Å²) in [6.07, 6.45) is 3.48. The van der Waals surface area contributed by atoms with Crippen LogP contribution in [0.1, 0.15) is 33.3 Å². The predicted octanol–water partition coefficient (Wildman–Crippen LogP) is 5.02. The van der Waals surface area contributed by atoms with E-state index in [-0.39, 0.29) is 5.57 Å². The number of rotatable bonds is 6. The number of carboxylic acid groups (broad SMARTS) is 1. The molecule has 0 aliphatic heterocycles. The summed E-state index contributed by atoms with van der Waals surface area (Å²) >= 11 is 0. The average Bonchev–Trinajstić information content (AvgIpc) is 2.50. The number of ether oxygens (including phenoxy) is 1. The maximum atomic E-state index is 11.5. The summed E-state index contributed by atoms with van der Waals surface area (Å²) < 4.78 is 5.28. The standard InChI is InChI=1S/C20H24O3/c1-7-17(20(21)22)19(14(4)5)12-18(13(2)3)15-9-8-10-16(11-15)23-6/h7-12H,4H2,1-3,5-6H3,(H,21,22). The van der Waals surface area contributed by atoms with Crippen molar-refractivity contribution < 1.29 is 14.6 Å². The Hall–Kier alpha value is -2.55. The van der Waals surface area contributed by atoms with Crippen LogP contribution in [0, 0.1) is 0 Å². The van der Waals surface area contributed by atoms with Crippen LogP contribution in [0.3, 0.4) is 0 Å². The molecule has 0 fully saturated rings. The summed E-state index contributed by atoms with van der Waals surface area (Å²) in [5, 5.41) is 9.41. The van der Waals surface area contributed by atoms with Gasteiger partial charge in [-0.2, -0.15) is 0 Å². The lowest BCUT2D eigenvalue weighted by molar-refractivity contribution is -0.132. The van der Waals surface area contributed by atoms with Crippen LogP contribution < -0.4 is 4.74 Å². The van der Waals surface area contributed by atoms with Gasteiger partial charge in [-0.15, -0.1) is 0 Å². The highest BCUT2D eigenvalue weighted by Gasteiger charge is 2.14. The molecule has 1 aromatic carbocycles. The van der Waals surface area contributed by atoms with Gasteiger partial charge in [0, 0.05) is 0 Å². The number of methoxy groups -OCH3 is 1. The molecule has 0 unspecified atom stereocenters. The number of carboxylic acids is 1. The second-order valence-electron chi connectivity index (χ2n) is 5.49. The number of hydrogen-bond acceptors (Lipinski definition) is 2. The van der Waals surface area contributed by atoms with Crippen molar-refractivity contribution in [3.63, 3.8) is 0 Å². The summed E-state index contributed by atoms with van der Waals surface area (Å²) in [6.45, 7) is 11.4. The van der Waals surface area contributed by atoms with Gasteiger partial charge in [-0.1, -0.05) is 35.9 Å². The predicted molar refractivity (Wildman–Crippen MR) is 95.6 cm³/mol. The van der Waals surface area contributed by atoms with Crippen LogP contribution in [0.2, 0.25) is 0 Å². The zero-order chi connectivity index (χ0) is 17.6. The van der Waals surface area contributed by atoms with E-state index in [1.165, 1.54) is 0 Å². The monoisotopic (exact) mass is 312 g/mol. The quantitative estimate of drug-likeness (QED) is 0.592. The second kappa shape index (κ2) is 8.18. The van der Waals surface area contributed by atoms with E-state index in [0.717, 1.165) is 22.5 Å². The zero-order valence-electron chi connectivity index (χ0n) is 14.4. The summed E-state index contributed by atoms with van der Waals surface area (Å²) in [5.74, 6) is -0.198. The zero-order valence-corrected chi connectivity index (χ0v) is 14.4. The van der Waals surface area contributed by atoms with Crippen molar-refractivity contribution in [2.75, 3.05) is 7.11 Å². The van der Waals surface area contributed by atoms with Gasteiger partial charge in [0.15, 0.2) is 0 Å². The number of allylic oxidation sites excluding steroid dienone is 5.